The van der Waals surface area contributed by atoms with Gasteiger partial charge in [-0.1, -0.05) is 19.1 Å². The quantitative estimate of drug-likeness (QED) is 0.696. The van der Waals surface area contributed by atoms with Gasteiger partial charge < -0.3 is 0 Å². The molecule has 68 valence electrons. The molecule has 0 aromatic heterocycles. The van der Waals surface area contributed by atoms with Crippen LogP contribution in [0.25, 0.3) is 0 Å². The summed E-state index contributed by atoms with van der Waals surface area (Å²) in [5.41, 5.74) is 1.71. The Labute approximate surface area is 77.8 Å². The van der Waals surface area contributed by atoms with Crippen LogP contribution in [0, 0.1) is 17.1 Å². The molecule has 1 rings (SSSR count). The highest BCUT2D eigenvalue weighted by molar-refractivity contribution is 5.29. The third-order valence-electron chi connectivity index (χ3n) is 2.08. The Kier molecular flexibility index (Phi) is 3.45. The van der Waals surface area contributed by atoms with Crippen molar-refractivity contribution in [2.45, 2.75) is 26.2 Å². The van der Waals surface area contributed by atoms with Crippen molar-refractivity contribution < 1.29 is 4.39 Å². The average molecular weight is 177 g/mol. The monoisotopic (exact) mass is 177 g/mol. The predicted octanol–water partition coefficient (Wildman–Crippen LogP) is 2.84. The minimum absolute atomic E-state index is 0.186. The molecule has 0 radical (unpaired) electrons. The van der Waals surface area contributed by atoms with Gasteiger partial charge in [-0.3, -0.25) is 0 Å². The maximum atomic E-state index is 13.3. The summed E-state index contributed by atoms with van der Waals surface area (Å²) in [6.45, 7) is 1.99. The van der Waals surface area contributed by atoms with Crippen molar-refractivity contribution >= 4 is 0 Å². The number of rotatable bonds is 3. The van der Waals surface area contributed by atoms with Crippen LogP contribution in [0.5, 0.6) is 0 Å². The van der Waals surface area contributed by atoms with Crippen LogP contribution < -0.4 is 0 Å². The Bertz CT molecular complexity index is 325. The molecule has 0 atom stereocenters. The largest absolute Gasteiger partial charge is 0.207 e. The topological polar surface area (TPSA) is 23.8 Å². The first-order valence-corrected chi connectivity index (χ1v) is 4.42. The predicted molar refractivity (Wildman–Crippen MR) is 49.7 cm³/mol. The minimum atomic E-state index is -0.186. The molecule has 0 spiro atoms. The minimum Gasteiger partial charge on any atom is -0.207 e. The molecule has 0 unspecified atom stereocenters. The molecular weight excluding hydrogens is 165 g/mol. The molecule has 0 saturated carbocycles. The van der Waals surface area contributed by atoms with Gasteiger partial charge in [-0.05, 0) is 30.0 Å². The van der Waals surface area contributed by atoms with Crippen molar-refractivity contribution in [2.75, 3.05) is 0 Å². The smallest absolute Gasteiger partial charge is 0.126 e. The number of nitriles is 1. The maximum absolute atomic E-state index is 13.3. The van der Waals surface area contributed by atoms with E-state index in [1.165, 1.54) is 6.07 Å². The molecule has 1 aromatic carbocycles. The lowest BCUT2D eigenvalue weighted by molar-refractivity contribution is 0.606. The van der Waals surface area contributed by atoms with Crippen LogP contribution in [0.1, 0.15) is 24.5 Å². The first-order chi connectivity index (χ1) is 6.29. The third-order valence-corrected chi connectivity index (χ3v) is 2.08. The lowest BCUT2D eigenvalue weighted by Gasteiger charge is -2.06. The van der Waals surface area contributed by atoms with Crippen molar-refractivity contribution in [1.29, 1.82) is 5.26 Å². The van der Waals surface area contributed by atoms with Crippen molar-refractivity contribution in [1.82, 2.24) is 0 Å². The maximum Gasteiger partial charge on any atom is 0.126 e. The summed E-state index contributed by atoms with van der Waals surface area (Å²) in [5.74, 6) is -0.186. The van der Waals surface area contributed by atoms with Crippen LogP contribution in [-0.2, 0) is 12.8 Å². The lowest BCUT2D eigenvalue weighted by Crippen LogP contribution is -1.96. The van der Waals surface area contributed by atoms with Crippen LogP contribution in [-0.4, -0.2) is 0 Å². The highest BCUT2D eigenvalue weighted by Crippen LogP contribution is 2.15. The van der Waals surface area contributed by atoms with E-state index in [0.717, 1.165) is 12.0 Å². The molecule has 0 amide bonds. The zero-order valence-corrected chi connectivity index (χ0v) is 7.68. The molecule has 1 aromatic rings. The fourth-order valence-corrected chi connectivity index (χ4v) is 1.40. The van der Waals surface area contributed by atoms with Gasteiger partial charge in [-0.15, -0.1) is 0 Å². The van der Waals surface area contributed by atoms with E-state index in [9.17, 15) is 4.39 Å². The molecule has 0 bridgehead atoms. The second-order valence-electron chi connectivity index (χ2n) is 2.89. The molecule has 0 heterocycles. The van der Waals surface area contributed by atoms with Crippen LogP contribution in [0.2, 0.25) is 0 Å². The van der Waals surface area contributed by atoms with Crippen LogP contribution in [0.4, 0.5) is 4.39 Å². The van der Waals surface area contributed by atoms with E-state index in [4.69, 9.17) is 5.26 Å². The molecule has 0 aliphatic rings. The Morgan fingerprint density at radius 2 is 2.23 bits per heavy atom. The first kappa shape index (κ1) is 9.73. The molecule has 1 nitrogen and oxygen atoms in total. The van der Waals surface area contributed by atoms with Crippen molar-refractivity contribution in [3.05, 3.63) is 35.1 Å². The summed E-state index contributed by atoms with van der Waals surface area (Å²) in [6, 6.07) is 7.10. The van der Waals surface area contributed by atoms with E-state index in [1.807, 2.05) is 19.1 Å². The summed E-state index contributed by atoms with van der Waals surface area (Å²) in [5, 5.41) is 8.41. The van der Waals surface area contributed by atoms with E-state index in [2.05, 4.69) is 0 Å². The van der Waals surface area contributed by atoms with Crippen LogP contribution in [0.3, 0.4) is 0 Å². The number of halogens is 1. The molecule has 13 heavy (non-hydrogen) atoms. The Hall–Kier alpha value is -1.36. The average Bonchev–Trinajstić information content (AvgIpc) is 2.15. The second-order valence-corrected chi connectivity index (χ2v) is 2.89. The Balaban J connectivity index is 2.95. The van der Waals surface area contributed by atoms with E-state index in [0.29, 0.717) is 18.4 Å². The zero-order chi connectivity index (χ0) is 9.68. The molecule has 0 saturated heterocycles. The van der Waals surface area contributed by atoms with Crippen molar-refractivity contribution in [2.24, 2.45) is 0 Å². The fraction of sp³-hybridized carbons (Fsp3) is 0.364. The van der Waals surface area contributed by atoms with E-state index in [-0.39, 0.29) is 5.82 Å². The second kappa shape index (κ2) is 4.61. The van der Waals surface area contributed by atoms with Gasteiger partial charge in [0.1, 0.15) is 5.82 Å². The summed E-state index contributed by atoms with van der Waals surface area (Å²) in [6.07, 6.45) is 1.72. The zero-order valence-electron chi connectivity index (χ0n) is 7.68. The summed E-state index contributed by atoms with van der Waals surface area (Å²) in [4.78, 5) is 0. The number of aryl methyl sites for hydroxylation is 1. The molecule has 0 fully saturated rings. The van der Waals surface area contributed by atoms with E-state index < -0.39 is 0 Å². The van der Waals surface area contributed by atoms with Gasteiger partial charge in [0.05, 0.1) is 6.07 Å². The van der Waals surface area contributed by atoms with Gasteiger partial charge in [0.2, 0.25) is 0 Å². The van der Waals surface area contributed by atoms with E-state index in [1.54, 1.807) is 6.07 Å². The van der Waals surface area contributed by atoms with Crippen molar-refractivity contribution in [3.8, 4) is 6.07 Å². The number of hydrogen-bond donors (Lipinski definition) is 0. The normalized spacial score (nSPS) is 9.62. The van der Waals surface area contributed by atoms with Gasteiger partial charge in [0, 0.05) is 6.42 Å². The summed E-state index contributed by atoms with van der Waals surface area (Å²) >= 11 is 0. The number of hydrogen-bond acceptors (Lipinski definition) is 1. The van der Waals surface area contributed by atoms with Crippen LogP contribution >= 0.6 is 0 Å². The standard InChI is InChI=1S/C11H12FN/c1-2-9-5-3-7-11(12)10(9)6-4-8-13/h3,5,7H,2,4,6H2,1H3. The number of nitrogens with zero attached hydrogens (tertiary/aromatic N) is 1. The third kappa shape index (κ3) is 2.29. The Morgan fingerprint density at radius 3 is 2.85 bits per heavy atom. The number of benzene rings is 1. The van der Waals surface area contributed by atoms with Gasteiger partial charge in [-0.2, -0.15) is 5.26 Å². The molecule has 0 aliphatic carbocycles. The van der Waals surface area contributed by atoms with E-state index >= 15 is 0 Å². The summed E-state index contributed by atoms with van der Waals surface area (Å²) < 4.78 is 13.3. The van der Waals surface area contributed by atoms with Gasteiger partial charge >= 0.3 is 0 Å². The van der Waals surface area contributed by atoms with Crippen LogP contribution in [0.15, 0.2) is 18.2 Å². The molecule has 2 heteroatoms. The summed E-state index contributed by atoms with van der Waals surface area (Å²) in [7, 11) is 0. The van der Waals surface area contributed by atoms with Gasteiger partial charge in [0.25, 0.3) is 0 Å². The van der Waals surface area contributed by atoms with Gasteiger partial charge in [0.15, 0.2) is 0 Å². The molecule has 0 aliphatic heterocycles. The highest BCUT2D eigenvalue weighted by atomic mass is 19.1. The first-order valence-electron chi connectivity index (χ1n) is 4.42. The molecule has 0 N–H and O–H groups in total. The Morgan fingerprint density at radius 1 is 1.46 bits per heavy atom. The highest BCUT2D eigenvalue weighted by Gasteiger charge is 2.05. The fourth-order valence-electron chi connectivity index (χ4n) is 1.40. The lowest BCUT2D eigenvalue weighted by atomic mass is 10.0. The van der Waals surface area contributed by atoms with Crippen molar-refractivity contribution in [3.63, 3.8) is 0 Å². The molecular formula is C11H12FN. The van der Waals surface area contributed by atoms with Gasteiger partial charge in [-0.25, -0.2) is 4.39 Å². The SMILES string of the molecule is CCc1cccc(F)c1CCC#N.